The van der Waals surface area contributed by atoms with Gasteiger partial charge in [0.05, 0.1) is 45.4 Å². The number of halogens is 4. The minimum absolute atomic E-state index is 0.0256. The Hall–Kier alpha value is -7.16. The number of rotatable bonds is 2. The number of aromatic hydroxyl groups is 4. The highest BCUT2D eigenvalue weighted by Gasteiger charge is 2.59. The lowest BCUT2D eigenvalue weighted by Crippen LogP contribution is -2.27. The first-order valence-electron chi connectivity index (χ1n) is 25.0. The molecule has 0 aromatic heterocycles. The van der Waals surface area contributed by atoms with Crippen molar-refractivity contribution in [1.29, 1.82) is 21.0 Å². The molecule has 2 spiro atoms. The maximum Gasteiger partial charge on any atom is 0.189 e. The Morgan fingerprint density at radius 3 is 0.962 bits per heavy atom. The SMILES string of the molecule is CC1(C)CC2(CC(C)(C)c3cc(O)c(O)cc32)c2cc(O)c(O)cc21.COc1cc2c(cc1OC)C1(CC2(C)C)CC(C)(C)c2cc3c(cc21)Oc1c(C#N)c(C)c(C)c(C#N)c1O3.N#Cc1c(Cl)c(Cl)c(C#N)c(Cl)c1Cl. The summed E-state index contributed by atoms with van der Waals surface area (Å²) in [7, 11) is 3.35. The Balaban J connectivity index is 0.000000161. The minimum Gasteiger partial charge on any atom is -0.504 e. The Labute approximate surface area is 474 Å². The Bertz CT molecular complexity index is 3670. The molecule has 78 heavy (non-hydrogen) atoms. The van der Waals surface area contributed by atoms with Crippen LogP contribution in [0.1, 0.15) is 159 Å². The summed E-state index contributed by atoms with van der Waals surface area (Å²) in [6, 6.07) is 23.2. The fraction of sp³-hybridized carbons (Fsp3) is 0.355. The van der Waals surface area contributed by atoms with E-state index < -0.39 is 0 Å². The van der Waals surface area contributed by atoms with Gasteiger partial charge in [-0.05, 0) is 165 Å². The fourth-order valence-electron chi connectivity index (χ4n) is 13.6. The third-order valence-electron chi connectivity index (χ3n) is 16.9. The molecule has 6 aromatic rings. The molecule has 0 fully saturated rings. The van der Waals surface area contributed by atoms with Gasteiger partial charge in [-0.2, -0.15) is 21.0 Å². The molecule has 400 valence electrons. The van der Waals surface area contributed by atoms with Gasteiger partial charge in [0.15, 0.2) is 57.5 Å². The van der Waals surface area contributed by atoms with Gasteiger partial charge in [0.25, 0.3) is 0 Å². The van der Waals surface area contributed by atoms with Gasteiger partial charge in [-0.15, -0.1) is 0 Å². The minimum atomic E-state index is -0.353. The van der Waals surface area contributed by atoms with Crippen molar-refractivity contribution >= 4 is 46.4 Å². The van der Waals surface area contributed by atoms with E-state index in [2.05, 4.69) is 91.8 Å². The molecule has 5 aliphatic rings. The zero-order chi connectivity index (χ0) is 57.3. The average molecular weight is 1130 g/mol. The number of nitriles is 4. The van der Waals surface area contributed by atoms with Crippen LogP contribution in [-0.4, -0.2) is 34.6 Å². The lowest BCUT2D eigenvalue weighted by atomic mass is 9.72. The summed E-state index contributed by atoms with van der Waals surface area (Å²) >= 11 is 22.8. The molecule has 0 radical (unpaired) electrons. The van der Waals surface area contributed by atoms with Crippen molar-refractivity contribution in [2.24, 2.45) is 0 Å². The van der Waals surface area contributed by atoms with E-state index in [0.29, 0.717) is 34.1 Å². The zero-order valence-electron chi connectivity index (χ0n) is 45.2. The molecule has 4 N–H and O–H groups in total. The molecule has 0 saturated heterocycles. The molecule has 16 heteroatoms. The standard InChI is InChI=1S/C33H32N2O4.C21H24O4.C8Cl4N2/c1-17-18(2)20(14-35)30-29(19(17)13-34)38-27-10-22-24(12-28(27)39-30)33(16-32(22,5)6)15-31(3,4)21-9-25(36-7)26(37-8)11-23(21)33;1-19(2)9-21(13-7-17(24)15(22)5-11(13)19)10-20(3,4)12-6-16(23)18(25)8-14(12)21;9-5-3(1-13)6(10)8(12)4(2-14)7(5)11/h9-12H,15-16H2,1-8H3;5-8,22-25H,9-10H2,1-4H3;. The molecule has 1 unspecified atom stereocenters. The lowest BCUT2D eigenvalue weighted by Gasteiger charge is -2.31. The number of nitrogens with zero attached hydrogens (tertiary/aromatic N) is 4. The van der Waals surface area contributed by atoms with Crippen molar-refractivity contribution in [3.63, 3.8) is 0 Å². The molecule has 1 atom stereocenters. The van der Waals surface area contributed by atoms with Crippen molar-refractivity contribution in [1.82, 2.24) is 0 Å². The molecule has 6 aromatic carbocycles. The molecule has 1 heterocycles. The van der Waals surface area contributed by atoms with E-state index in [-0.39, 0.29) is 86.7 Å². The topological polar surface area (TPSA) is 213 Å². The maximum atomic E-state index is 10.1. The average Bonchev–Trinajstić information content (AvgIpc) is 3.16. The van der Waals surface area contributed by atoms with Gasteiger partial charge < -0.3 is 39.4 Å². The van der Waals surface area contributed by atoms with Gasteiger partial charge in [0.1, 0.15) is 35.4 Å². The van der Waals surface area contributed by atoms with Crippen LogP contribution in [0, 0.1) is 59.2 Å². The summed E-state index contributed by atoms with van der Waals surface area (Å²) in [5, 5.41) is 77.3. The Kier molecular flexibility index (Phi) is 13.4. The van der Waals surface area contributed by atoms with Gasteiger partial charge in [0, 0.05) is 10.8 Å². The summed E-state index contributed by atoms with van der Waals surface area (Å²) < 4.78 is 24.3. The highest BCUT2D eigenvalue weighted by Crippen LogP contribution is 2.67. The molecule has 4 aliphatic carbocycles. The second-order valence-corrected chi connectivity index (χ2v) is 25.1. The Morgan fingerprint density at radius 1 is 0.410 bits per heavy atom. The van der Waals surface area contributed by atoms with Crippen molar-refractivity contribution in [2.45, 2.75) is 127 Å². The number of methoxy groups -OCH3 is 2. The first kappa shape index (κ1) is 55.6. The van der Waals surface area contributed by atoms with E-state index in [9.17, 15) is 30.9 Å². The largest absolute Gasteiger partial charge is 0.504 e. The van der Waals surface area contributed by atoms with Crippen molar-refractivity contribution in [3.05, 3.63) is 147 Å². The highest BCUT2D eigenvalue weighted by molar-refractivity contribution is 6.49. The van der Waals surface area contributed by atoms with Crippen LogP contribution < -0.4 is 18.9 Å². The van der Waals surface area contributed by atoms with E-state index in [1.54, 1.807) is 50.6 Å². The summed E-state index contributed by atoms with van der Waals surface area (Å²) in [6.45, 7) is 21.4. The molecule has 0 amide bonds. The maximum absolute atomic E-state index is 10.1. The van der Waals surface area contributed by atoms with Crippen LogP contribution in [0.25, 0.3) is 0 Å². The van der Waals surface area contributed by atoms with Gasteiger partial charge in [-0.1, -0.05) is 102 Å². The molecule has 12 nitrogen and oxygen atoms in total. The number of phenols is 4. The molecule has 1 aliphatic heterocycles. The number of fused-ring (bicyclic) bond motifs is 10. The van der Waals surface area contributed by atoms with Crippen LogP contribution in [0.5, 0.6) is 57.5 Å². The summed E-state index contributed by atoms with van der Waals surface area (Å²) in [6.07, 6.45) is 3.48. The monoisotopic (exact) mass is 1120 g/mol. The second-order valence-electron chi connectivity index (χ2n) is 23.6. The molecule has 11 rings (SSSR count). The van der Waals surface area contributed by atoms with E-state index >= 15 is 0 Å². The molecular weight excluding hydrogens is 1070 g/mol. The normalized spacial score (nSPS) is 18.7. The molecule has 0 bridgehead atoms. The van der Waals surface area contributed by atoms with Crippen molar-refractivity contribution < 1.29 is 39.4 Å². The second kappa shape index (κ2) is 18.8. The van der Waals surface area contributed by atoms with E-state index in [1.165, 1.54) is 22.3 Å². The quantitative estimate of drug-likeness (QED) is 0.0940. The van der Waals surface area contributed by atoms with E-state index in [0.717, 1.165) is 70.6 Å². The van der Waals surface area contributed by atoms with Gasteiger partial charge in [0.2, 0.25) is 0 Å². The zero-order valence-corrected chi connectivity index (χ0v) is 48.2. The first-order valence-corrected chi connectivity index (χ1v) is 26.5. The van der Waals surface area contributed by atoms with Crippen LogP contribution in [0.2, 0.25) is 20.1 Å². The third-order valence-corrected chi connectivity index (χ3v) is 18.6. The van der Waals surface area contributed by atoms with Crippen molar-refractivity contribution in [2.75, 3.05) is 14.2 Å². The van der Waals surface area contributed by atoms with E-state index in [1.807, 2.05) is 13.8 Å². The third kappa shape index (κ3) is 8.18. The number of benzene rings is 6. The van der Waals surface area contributed by atoms with Crippen LogP contribution in [0.15, 0.2) is 48.5 Å². The number of ether oxygens (including phenoxy) is 4. The first-order chi connectivity index (χ1) is 36.4. The van der Waals surface area contributed by atoms with Gasteiger partial charge >= 0.3 is 0 Å². The summed E-state index contributed by atoms with van der Waals surface area (Å²) in [4.78, 5) is 0. The number of phenolic OH excluding ortho intramolecular Hbond substituents is 4. The molecule has 0 saturated carbocycles. The molecular formula is C62H56Cl4N4O8. The summed E-state index contributed by atoms with van der Waals surface area (Å²) in [5.74, 6) is 2.78. The van der Waals surface area contributed by atoms with Crippen LogP contribution in [0.3, 0.4) is 0 Å². The van der Waals surface area contributed by atoms with Crippen molar-refractivity contribution in [3.8, 4) is 81.8 Å². The van der Waals surface area contributed by atoms with Crippen LogP contribution >= 0.6 is 46.4 Å². The predicted octanol–water partition coefficient (Wildman–Crippen LogP) is 15.8. The van der Waals surface area contributed by atoms with Gasteiger partial charge in [-0.25, -0.2) is 0 Å². The lowest BCUT2D eigenvalue weighted by molar-refractivity contribution is 0.347. The number of hydrogen-bond acceptors (Lipinski definition) is 12. The highest BCUT2D eigenvalue weighted by atomic mass is 35.5. The number of hydrogen-bond donors (Lipinski definition) is 4. The summed E-state index contributed by atoms with van der Waals surface area (Å²) in [5.41, 5.74) is 10.0. The van der Waals surface area contributed by atoms with Crippen LogP contribution in [0.4, 0.5) is 0 Å². The Morgan fingerprint density at radius 2 is 0.654 bits per heavy atom. The van der Waals surface area contributed by atoms with Gasteiger partial charge in [-0.3, -0.25) is 0 Å². The predicted molar refractivity (Wildman–Crippen MR) is 299 cm³/mol. The fourth-order valence-corrected chi connectivity index (χ4v) is 14.6. The van der Waals surface area contributed by atoms with E-state index in [4.69, 9.17) is 75.9 Å². The smallest absolute Gasteiger partial charge is 0.189 e. The van der Waals surface area contributed by atoms with Crippen LogP contribution in [-0.2, 0) is 32.5 Å².